The number of anilines is 1. The Labute approximate surface area is 115 Å². The Morgan fingerprint density at radius 1 is 1.25 bits per heavy atom. The van der Waals surface area contributed by atoms with E-state index in [9.17, 15) is 12.8 Å². The quantitative estimate of drug-likeness (QED) is 0.920. The second kappa shape index (κ2) is 4.38. The number of nitrogens with one attached hydrogen (secondary N) is 1. The molecule has 0 atom stereocenters. The number of rotatable bonds is 2. The average Bonchev–Trinajstić information content (AvgIpc) is 2.36. The molecule has 1 aliphatic rings. The van der Waals surface area contributed by atoms with Gasteiger partial charge >= 0.3 is 0 Å². The standard InChI is InChI=1S/C13H10FN3O2S/c1-20(18,19)11-7-8(4-5-9(11)14)16-13-12-10(17-13)3-2-6-15-12/h2-7H,1H3,(H,16,17). The first-order chi connectivity index (χ1) is 9.45. The molecule has 1 aromatic heterocycles. The van der Waals surface area contributed by atoms with Crippen molar-refractivity contribution in [3.8, 4) is 0 Å². The average molecular weight is 291 g/mol. The van der Waals surface area contributed by atoms with E-state index >= 15 is 0 Å². The molecule has 0 saturated carbocycles. The molecule has 1 N–H and O–H groups in total. The Morgan fingerprint density at radius 3 is 2.75 bits per heavy atom. The first-order valence-corrected chi connectivity index (χ1v) is 7.65. The maximum Gasteiger partial charge on any atom is 0.178 e. The van der Waals surface area contributed by atoms with Crippen LogP contribution in [0.4, 0.5) is 15.8 Å². The van der Waals surface area contributed by atoms with Crippen molar-refractivity contribution in [3.05, 3.63) is 48.0 Å². The predicted octanol–water partition coefficient (Wildman–Crippen LogP) is 2.13. The molecule has 7 heteroatoms. The third kappa shape index (κ3) is 2.16. The van der Waals surface area contributed by atoms with Gasteiger partial charge in [0.15, 0.2) is 15.7 Å². The molecule has 2 heterocycles. The molecule has 0 fully saturated rings. The highest BCUT2D eigenvalue weighted by atomic mass is 32.2. The summed E-state index contributed by atoms with van der Waals surface area (Å²) >= 11 is 0. The fourth-order valence-corrected chi connectivity index (χ4v) is 2.64. The van der Waals surface area contributed by atoms with Crippen LogP contribution in [-0.2, 0) is 9.84 Å². The molecule has 0 spiro atoms. The zero-order valence-electron chi connectivity index (χ0n) is 10.5. The lowest BCUT2D eigenvalue weighted by molar-refractivity contribution is 0.571. The SMILES string of the molecule is CS(=O)(=O)c1cc(NC2=Nc3cccnc32)ccc1F. The molecule has 0 unspecified atom stereocenters. The van der Waals surface area contributed by atoms with Gasteiger partial charge in [0.05, 0.1) is 5.69 Å². The van der Waals surface area contributed by atoms with Crippen LogP contribution < -0.4 is 5.32 Å². The maximum atomic E-state index is 13.5. The van der Waals surface area contributed by atoms with E-state index in [1.807, 2.05) is 6.07 Å². The molecule has 102 valence electrons. The molecule has 0 aliphatic carbocycles. The largest absolute Gasteiger partial charge is 0.338 e. The van der Waals surface area contributed by atoms with Crippen molar-refractivity contribution in [2.75, 3.05) is 11.6 Å². The number of amidine groups is 1. The summed E-state index contributed by atoms with van der Waals surface area (Å²) in [5.41, 5.74) is 1.92. The summed E-state index contributed by atoms with van der Waals surface area (Å²) in [4.78, 5) is 8.00. The fraction of sp³-hybridized carbons (Fsp3) is 0.0769. The van der Waals surface area contributed by atoms with E-state index in [2.05, 4.69) is 15.3 Å². The summed E-state index contributed by atoms with van der Waals surface area (Å²) in [5.74, 6) is -0.237. The van der Waals surface area contributed by atoms with E-state index in [1.165, 1.54) is 12.1 Å². The third-order valence-electron chi connectivity index (χ3n) is 2.84. The number of hydrogen-bond acceptors (Lipinski definition) is 5. The van der Waals surface area contributed by atoms with Gasteiger partial charge in [-0.2, -0.15) is 0 Å². The van der Waals surface area contributed by atoms with Crippen molar-refractivity contribution in [1.29, 1.82) is 0 Å². The van der Waals surface area contributed by atoms with Gasteiger partial charge in [0.1, 0.15) is 16.4 Å². The van der Waals surface area contributed by atoms with Gasteiger partial charge in [-0.25, -0.2) is 17.8 Å². The lowest BCUT2D eigenvalue weighted by atomic mass is 10.2. The van der Waals surface area contributed by atoms with Crippen LogP contribution in [0.15, 0.2) is 46.4 Å². The summed E-state index contributed by atoms with van der Waals surface area (Å²) in [7, 11) is -3.61. The molecule has 1 aromatic carbocycles. The van der Waals surface area contributed by atoms with Crippen LogP contribution in [0, 0.1) is 5.82 Å². The summed E-state index contributed by atoms with van der Waals surface area (Å²) in [6.07, 6.45) is 2.61. The van der Waals surface area contributed by atoms with Gasteiger partial charge in [-0.05, 0) is 30.3 Å². The number of benzene rings is 1. The lowest BCUT2D eigenvalue weighted by Gasteiger charge is -2.18. The van der Waals surface area contributed by atoms with Gasteiger partial charge < -0.3 is 5.32 Å². The van der Waals surface area contributed by atoms with Crippen LogP contribution in [0.2, 0.25) is 0 Å². The van der Waals surface area contributed by atoms with E-state index < -0.39 is 15.7 Å². The highest BCUT2D eigenvalue weighted by Crippen LogP contribution is 2.28. The number of pyridine rings is 1. The maximum absolute atomic E-state index is 13.5. The normalized spacial score (nSPS) is 13.2. The number of fused-ring (bicyclic) bond motifs is 1. The number of nitrogens with zero attached hydrogens (tertiary/aromatic N) is 2. The van der Waals surface area contributed by atoms with Crippen molar-refractivity contribution in [1.82, 2.24) is 4.98 Å². The molecule has 0 amide bonds. The Hall–Kier alpha value is -2.28. The summed E-state index contributed by atoms with van der Waals surface area (Å²) in [6, 6.07) is 7.40. The molecular weight excluding hydrogens is 281 g/mol. The Balaban J connectivity index is 1.91. The van der Waals surface area contributed by atoms with E-state index in [0.29, 0.717) is 17.2 Å². The van der Waals surface area contributed by atoms with Crippen molar-refractivity contribution >= 4 is 27.0 Å². The molecule has 0 bridgehead atoms. The Morgan fingerprint density at radius 2 is 2.05 bits per heavy atom. The highest BCUT2D eigenvalue weighted by Gasteiger charge is 2.21. The van der Waals surface area contributed by atoms with Crippen LogP contribution in [0.3, 0.4) is 0 Å². The third-order valence-corrected chi connectivity index (χ3v) is 3.95. The molecule has 0 saturated heterocycles. The van der Waals surface area contributed by atoms with Gasteiger partial charge in [-0.1, -0.05) is 0 Å². The molecular formula is C13H10FN3O2S. The van der Waals surface area contributed by atoms with Crippen molar-refractivity contribution in [2.24, 2.45) is 4.99 Å². The lowest BCUT2D eigenvalue weighted by Crippen LogP contribution is -2.21. The summed E-state index contributed by atoms with van der Waals surface area (Å²) in [5, 5.41) is 2.93. The predicted molar refractivity (Wildman–Crippen MR) is 73.6 cm³/mol. The van der Waals surface area contributed by atoms with Crippen LogP contribution in [0.1, 0.15) is 5.69 Å². The van der Waals surface area contributed by atoms with Gasteiger partial charge in [-0.3, -0.25) is 4.98 Å². The topological polar surface area (TPSA) is 71.4 Å². The number of aromatic nitrogens is 1. The monoisotopic (exact) mass is 291 g/mol. The molecule has 20 heavy (non-hydrogen) atoms. The van der Waals surface area contributed by atoms with E-state index in [0.717, 1.165) is 18.0 Å². The Bertz CT molecular complexity index is 831. The van der Waals surface area contributed by atoms with E-state index in [4.69, 9.17) is 0 Å². The number of aliphatic imine (C=N–C) groups is 1. The number of hydrogen-bond donors (Lipinski definition) is 1. The first-order valence-electron chi connectivity index (χ1n) is 5.76. The van der Waals surface area contributed by atoms with Crippen molar-refractivity contribution in [3.63, 3.8) is 0 Å². The fourth-order valence-electron chi connectivity index (χ4n) is 1.88. The van der Waals surface area contributed by atoms with E-state index in [1.54, 1.807) is 12.3 Å². The van der Waals surface area contributed by atoms with Gasteiger partial charge in [0.2, 0.25) is 0 Å². The number of halogens is 1. The van der Waals surface area contributed by atoms with Gasteiger partial charge in [-0.15, -0.1) is 0 Å². The van der Waals surface area contributed by atoms with Gasteiger partial charge in [0, 0.05) is 18.1 Å². The van der Waals surface area contributed by atoms with Crippen LogP contribution in [-0.4, -0.2) is 25.5 Å². The van der Waals surface area contributed by atoms with Crippen LogP contribution in [0.25, 0.3) is 0 Å². The van der Waals surface area contributed by atoms with Crippen molar-refractivity contribution < 1.29 is 12.8 Å². The number of sulfone groups is 1. The van der Waals surface area contributed by atoms with Crippen molar-refractivity contribution in [2.45, 2.75) is 4.90 Å². The highest BCUT2D eigenvalue weighted by molar-refractivity contribution is 7.90. The van der Waals surface area contributed by atoms with Gasteiger partial charge in [0.25, 0.3) is 0 Å². The molecule has 1 aliphatic heterocycles. The second-order valence-electron chi connectivity index (χ2n) is 4.37. The van der Waals surface area contributed by atoms with E-state index in [-0.39, 0.29) is 4.90 Å². The Kier molecular flexibility index (Phi) is 2.79. The first kappa shape index (κ1) is 12.7. The summed E-state index contributed by atoms with van der Waals surface area (Å²) in [6.45, 7) is 0. The zero-order chi connectivity index (χ0) is 14.3. The smallest absolute Gasteiger partial charge is 0.178 e. The molecule has 5 nitrogen and oxygen atoms in total. The minimum atomic E-state index is -3.61. The minimum Gasteiger partial charge on any atom is -0.338 e. The zero-order valence-corrected chi connectivity index (χ0v) is 11.3. The minimum absolute atomic E-state index is 0.344. The molecule has 2 aromatic rings. The second-order valence-corrected chi connectivity index (χ2v) is 6.36. The molecule has 3 rings (SSSR count). The summed E-state index contributed by atoms with van der Waals surface area (Å²) < 4.78 is 36.4. The van der Waals surface area contributed by atoms with Crippen LogP contribution >= 0.6 is 0 Å². The van der Waals surface area contributed by atoms with Crippen LogP contribution in [0.5, 0.6) is 0 Å². The molecule has 0 radical (unpaired) electrons.